The van der Waals surface area contributed by atoms with E-state index in [0.29, 0.717) is 6.54 Å². The van der Waals surface area contributed by atoms with Gasteiger partial charge < -0.3 is 15.1 Å². The highest BCUT2D eigenvalue weighted by Crippen LogP contribution is 2.14. The van der Waals surface area contributed by atoms with Crippen LogP contribution in [0.15, 0.2) is 27.8 Å². The second kappa shape index (κ2) is 7.37. The Bertz CT molecular complexity index is 762. The summed E-state index contributed by atoms with van der Waals surface area (Å²) in [7, 11) is 3.84. The lowest BCUT2D eigenvalue weighted by molar-refractivity contribution is -0.402. The lowest BCUT2D eigenvalue weighted by Crippen LogP contribution is -2.21. The van der Waals surface area contributed by atoms with Gasteiger partial charge in [-0.15, -0.1) is 0 Å². The van der Waals surface area contributed by atoms with Gasteiger partial charge in [0.1, 0.15) is 16.3 Å². The summed E-state index contributed by atoms with van der Waals surface area (Å²) in [5, 5.41) is 18.2. The zero-order chi connectivity index (χ0) is 17.7. The van der Waals surface area contributed by atoms with E-state index in [-0.39, 0.29) is 17.1 Å². The Morgan fingerprint density at radius 3 is 2.96 bits per heavy atom. The number of rotatable bonds is 7. The van der Waals surface area contributed by atoms with Crippen molar-refractivity contribution >= 4 is 23.8 Å². The zero-order valence-electron chi connectivity index (χ0n) is 13.2. The van der Waals surface area contributed by atoms with Crippen LogP contribution in [0, 0.1) is 10.1 Å². The topological polar surface area (TPSA) is 145 Å². The quantitative estimate of drug-likeness (QED) is 0.420. The summed E-state index contributed by atoms with van der Waals surface area (Å²) in [6, 6.07) is 2.55. The first-order valence-corrected chi connectivity index (χ1v) is 6.92. The summed E-state index contributed by atoms with van der Waals surface area (Å²) in [5.41, 5.74) is 8.34. The van der Waals surface area contributed by atoms with Crippen LogP contribution >= 0.6 is 0 Å². The second-order valence-electron chi connectivity index (χ2n) is 5.10. The minimum absolute atomic E-state index is 0.136. The van der Waals surface area contributed by atoms with Crippen LogP contribution in [-0.2, 0) is 6.54 Å². The third-order valence-electron chi connectivity index (χ3n) is 3.03. The number of hydrogen-bond acceptors (Lipinski definition) is 8. The number of nitrogens with two attached hydrogens (primary N) is 1. The second-order valence-corrected chi connectivity index (χ2v) is 5.10. The maximum Gasteiger partial charge on any atom is 0.433 e. The molecule has 0 saturated heterocycles. The fourth-order valence-corrected chi connectivity index (χ4v) is 1.77. The molecule has 0 aromatic carbocycles. The molecular weight excluding hydrogens is 318 g/mol. The monoisotopic (exact) mass is 335 g/mol. The normalized spacial score (nSPS) is 11.3. The Labute approximate surface area is 136 Å². The van der Waals surface area contributed by atoms with Crippen molar-refractivity contribution < 1.29 is 14.1 Å². The summed E-state index contributed by atoms with van der Waals surface area (Å²) in [6.07, 6.45) is 2.51. The first kappa shape index (κ1) is 17.1. The number of aromatic nitrogens is 2. The molecule has 2 rings (SSSR count). The third kappa shape index (κ3) is 4.16. The largest absolute Gasteiger partial charge is 0.433 e. The van der Waals surface area contributed by atoms with Gasteiger partial charge in [-0.05, 0) is 20.2 Å². The van der Waals surface area contributed by atoms with E-state index in [2.05, 4.69) is 15.6 Å². The Kier molecular flexibility index (Phi) is 5.27. The predicted octanol–water partition coefficient (Wildman–Crippen LogP) is 0.292. The predicted molar refractivity (Wildman–Crippen MR) is 85.6 cm³/mol. The number of hydrogen-bond donors (Lipinski definition) is 2. The zero-order valence-corrected chi connectivity index (χ0v) is 13.2. The van der Waals surface area contributed by atoms with E-state index < -0.39 is 16.7 Å². The highest BCUT2D eigenvalue weighted by Gasteiger charge is 2.15. The molecule has 0 radical (unpaired) electrons. The fourth-order valence-electron chi connectivity index (χ4n) is 1.77. The molecule has 0 saturated carbocycles. The number of carbonyl (C=O) groups excluding carboxylic acids is 1. The van der Waals surface area contributed by atoms with Gasteiger partial charge in [-0.3, -0.25) is 14.9 Å². The average Bonchev–Trinajstić information content (AvgIpc) is 3.12. The summed E-state index contributed by atoms with van der Waals surface area (Å²) >= 11 is 0. The Hall–Kier alpha value is -3.21. The lowest BCUT2D eigenvalue weighted by atomic mass is 10.3. The van der Waals surface area contributed by atoms with E-state index in [1.807, 2.05) is 19.0 Å². The molecule has 128 valence electrons. The van der Waals surface area contributed by atoms with Crippen molar-refractivity contribution in [3.8, 4) is 0 Å². The van der Waals surface area contributed by atoms with Crippen LogP contribution in [0.5, 0.6) is 0 Å². The van der Waals surface area contributed by atoms with Gasteiger partial charge in [-0.25, -0.2) is 10.1 Å². The van der Waals surface area contributed by atoms with Crippen molar-refractivity contribution in [3.05, 3.63) is 39.8 Å². The van der Waals surface area contributed by atoms with Crippen molar-refractivity contribution in [3.63, 3.8) is 0 Å². The van der Waals surface area contributed by atoms with Gasteiger partial charge in [-0.2, -0.15) is 10.2 Å². The lowest BCUT2D eigenvalue weighted by Gasteiger charge is -2.10. The smallest absolute Gasteiger partial charge is 0.400 e. The van der Waals surface area contributed by atoms with Crippen LogP contribution in [0.3, 0.4) is 0 Å². The summed E-state index contributed by atoms with van der Waals surface area (Å²) in [4.78, 5) is 23.8. The molecule has 2 aromatic rings. The third-order valence-corrected chi connectivity index (χ3v) is 3.03. The Morgan fingerprint density at radius 2 is 2.33 bits per heavy atom. The number of likely N-dealkylation sites (N-methyl/N-ethyl adjacent to an activating group) is 1. The van der Waals surface area contributed by atoms with Gasteiger partial charge in [0.2, 0.25) is 0 Å². The van der Waals surface area contributed by atoms with E-state index >= 15 is 0 Å². The van der Waals surface area contributed by atoms with Crippen molar-refractivity contribution in [2.75, 3.05) is 26.4 Å². The SMILES string of the molecule is CN(C)CCn1ncc(C(=O)NN=Cc2ccc([N+](=O)[O-])o2)c1N. The van der Waals surface area contributed by atoms with E-state index in [4.69, 9.17) is 10.2 Å². The van der Waals surface area contributed by atoms with Crippen molar-refractivity contribution in [2.45, 2.75) is 6.54 Å². The molecule has 24 heavy (non-hydrogen) atoms. The number of nitrogens with one attached hydrogen (secondary N) is 1. The molecule has 2 heterocycles. The van der Waals surface area contributed by atoms with Gasteiger partial charge in [0.25, 0.3) is 5.91 Å². The molecule has 0 aliphatic rings. The van der Waals surface area contributed by atoms with Crippen LogP contribution in [0.4, 0.5) is 11.7 Å². The van der Waals surface area contributed by atoms with Crippen molar-refractivity contribution in [1.82, 2.24) is 20.1 Å². The van der Waals surface area contributed by atoms with Crippen LogP contribution < -0.4 is 11.2 Å². The van der Waals surface area contributed by atoms with Gasteiger partial charge in [-0.1, -0.05) is 0 Å². The molecule has 0 atom stereocenters. The minimum Gasteiger partial charge on any atom is -0.400 e. The van der Waals surface area contributed by atoms with Gasteiger partial charge in [0.15, 0.2) is 5.76 Å². The number of hydrazone groups is 1. The summed E-state index contributed by atoms with van der Waals surface area (Å²) < 4.78 is 6.39. The Balaban J connectivity index is 1.97. The van der Waals surface area contributed by atoms with Gasteiger partial charge in [0, 0.05) is 6.54 Å². The fraction of sp³-hybridized carbons (Fsp3) is 0.308. The van der Waals surface area contributed by atoms with Crippen LogP contribution in [0.1, 0.15) is 16.1 Å². The molecule has 2 aromatic heterocycles. The molecule has 11 nitrogen and oxygen atoms in total. The van der Waals surface area contributed by atoms with Crippen molar-refractivity contribution in [2.24, 2.45) is 5.10 Å². The molecule has 0 spiro atoms. The number of carbonyl (C=O) groups is 1. The standard InChI is InChI=1S/C13H17N7O4/c1-18(2)5-6-19-12(14)10(8-16-19)13(21)17-15-7-9-3-4-11(24-9)20(22)23/h3-4,7-8H,5-6,14H2,1-2H3,(H,17,21). The molecule has 0 bridgehead atoms. The highest BCUT2D eigenvalue weighted by molar-refractivity contribution is 5.98. The molecule has 1 amide bonds. The molecule has 0 fully saturated rings. The number of anilines is 1. The number of furan rings is 1. The van der Waals surface area contributed by atoms with Crippen LogP contribution in [0.2, 0.25) is 0 Å². The number of nitrogens with zero attached hydrogens (tertiary/aromatic N) is 5. The molecule has 0 aliphatic carbocycles. The number of nitro groups is 1. The van der Waals surface area contributed by atoms with Crippen molar-refractivity contribution in [1.29, 1.82) is 0 Å². The molecule has 0 aliphatic heterocycles. The highest BCUT2D eigenvalue weighted by atomic mass is 16.6. The summed E-state index contributed by atoms with van der Waals surface area (Å²) in [6.45, 7) is 1.27. The van der Waals surface area contributed by atoms with E-state index in [1.54, 1.807) is 0 Å². The van der Waals surface area contributed by atoms with Gasteiger partial charge >= 0.3 is 5.88 Å². The molecule has 11 heteroatoms. The summed E-state index contributed by atoms with van der Waals surface area (Å²) in [5.74, 6) is -0.579. The molecular formula is C13H17N7O4. The average molecular weight is 335 g/mol. The van der Waals surface area contributed by atoms with Crippen LogP contribution in [-0.4, -0.2) is 52.4 Å². The maximum absolute atomic E-state index is 12.0. The first-order chi connectivity index (χ1) is 11.4. The number of nitrogen functional groups attached to an aromatic ring is 1. The van der Waals surface area contributed by atoms with Crippen LogP contribution in [0.25, 0.3) is 0 Å². The molecule has 3 N–H and O–H groups in total. The maximum atomic E-state index is 12.0. The Morgan fingerprint density at radius 1 is 1.58 bits per heavy atom. The molecule has 0 unspecified atom stereocenters. The minimum atomic E-state index is -0.668. The van der Waals surface area contributed by atoms with E-state index in [1.165, 1.54) is 23.0 Å². The first-order valence-electron chi connectivity index (χ1n) is 6.92. The number of amides is 1. The van der Waals surface area contributed by atoms with E-state index in [0.717, 1.165) is 12.8 Å². The van der Waals surface area contributed by atoms with E-state index in [9.17, 15) is 14.9 Å². The van der Waals surface area contributed by atoms with Gasteiger partial charge in [0.05, 0.1) is 25.0 Å².